The van der Waals surface area contributed by atoms with E-state index in [9.17, 15) is 17.6 Å². The van der Waals surface area contributed by atoms with Crippen molar-refractivity contribution in [2.24, 2.45) is 23.7 Å². The maximum absolute atomic E-state index is 14.2. The van der Waals surface area contributed by atoms with E-state index in [1.54, 1.807) is 0 Å². The van der Waals surface area contributed by atoms with Crippen LogP contribution in [0.5, 0.6) is 0 Å². The number of hydrogen-bond acceptors (Lipinski definition) is 0. The van der Waals surface area contributed by atoms with Crippen LogP contribution in [0.1, 0.15) is 88.7 Å². The molecule has 170 valence electrons. The highest BCUT2D eigenvalue weighted by molar-refractivity contribution is 5.39. The van der Waals surface area contributed by atoms with Crippen LogP contribution >= 0.6 is 0 Å². The van der Waals surface area contributed by atoms with Crippen molar-refractivity contribution in [2.45, 2.75) is 84.0 Å². The van der Waals surface area contributed by atoms with Crippen molar-refractivity contribution >= 4 is 0 Å². The molecule has 2 fully saturated rings. The molecule has 31 heavy (non-hydrogen) atoms. The van der Waals surface area contributed by atoms with Crippen LogP contribution in [-0.2, 0) is 6.42 Å². The summed E-state index contributed by atoms with van der Waals surface area (Å²) in [7, 11) is 0. The smallest absolute Gasteiger partial charge is 0.206 e. The zero-order chi connectivity index (χ0) is 22.2. The number of halogens is 4. The summed E-state index contributed by atoms with van der Waals surface area (Å²) in [6.45, 7) is 1.99. The third-order valence-electron chi connectivity index (χ3n) is 7.12. The molecule has 0 atom stereocenters. The molecule has 0 aliphatic heterocycles. The molecule has 0 amide bonds. The molecular formula is C27H34F4. The van der Waals surface area contributed by atoms with Crippen LogP contribution < -0.4 is 0 Å². The van der Waals surface area contributed by atoms with Gasteiger partial charge in [-0.1, -0.05) is 38.0 Å². The van der Waals surface area contributed by atoms with Gasteiger partial charge in [0.05, 0.1) is 5.56 Å². The Labute approximate surface area is 184 Å². The van der Waals surface area contributed by atoms with Gasteiger partial charge >= 0.3 is 0 Å². The molecule has 0 aromatic heterocycles. The Morgan fingerprint density at radius 2 is 1.45 bits per heavy atom. The molecule has 0 unspecified atom stereocenters. The van der Waals surface area contributed by atoms with Gasteiger partial charge in [0.1, 0.15) is 11.6 Å². The van der Waals surface area contributed by atoms with E-state index in [-0.39, 0.29) is 17.4 Å². The first kappa shape index (κ1) is 23.9. The van der Waals surface area contributed by atoms with Crippen LogP contribution in [0.25, 0.3) is 0 Å². The van der Waals surface area contributed by atoms with Crippen molar-refractivity contribution in [3.05, 3.63) is 47.1 Å². The molecule has 0 nitrogen and oxygen atoms in total. The van der Waals surface area contributed by atoms with Gasteiger partial charge in [-0.15, -0.1) is 0 Å². The largest absolute Gasteiger partial charge is 0.266 e. The fourth-order valence-corrected chi connectivity index (χ4v) is 5.24. The Morgan fingerprint density at radius 3 is 1.97 bits per heavy atom. The summed E-state index contributed by atoms with van der Waals surface area (Å²) >= 11 is 0. The average Bonchev–Trinajstić information content (AvgIpc) is 2.73. The van der Waals surface area contributed by atoms with Crippen molar-refractivity contribution in [2.75, 3.05) is 0 Å². The highest BCUT2D eigenvalue weighted by atomic mass is 19.3. The third kappa shape index (κ3) is 7.41. The molecule has 0 radical (unpaired) electrons. The number of hydrogen-bond donors (Lipinski definition) is 0. The third-order valence-corrected chi connectivity index (χ3v) is 7.12. The van der Waals surface area contributed by atoms with Gasteiger partial charge in [0.25, 0.3) is 6.08 Å². The number of rotatable bonds is 6. The maximum atomic E-state index is 14.2. The van der Waals surface area contributed by atoms with Gasteiger partial charge in [0.2, 0.25) is 0 Å². The summed E-state index contributed by atoms with van der Waals surface area (Å²) < 4.78 is 53.2. The second-order valence-corrected chi connectivity index (χ2v) is 9.49. The molecule has 0 heterocycles. The van der Waals surface area contributed by atoms with E-state index < -0.39 is 17.7 Å². The molecule has 1 aromatic carbocycles. The lowest BCUT2D eigenvalue weighted by Gasteiger charge is -2.30. The Hall–Kier alpha value is -1.76. The molecule has 0 spiro atoms. The van der Waals surface area contributed by atoms with Crippen molar-refractivity contribution in [3.8, 4) is 11.8 Å². The fourth-order valence-electron chi connectivity index (χ4n) is 5.24. The van der Waals surface area contributed by atoms with Gasteiger partial charge in [-0.25, -0.2) is 8.78 Å². The van der Waals surface area contributed by atoms with Gasteiger partial charge in [0, 0.05) is 5.92 Å². The Balaban J connectivity index is 1.42. The summed E-state index contributed by atoms with van der Waals surface area (Å²) in [6, 6.07) is 2.82. The van der Waals surface area contributed by atoms with Crippen LogP contribution in [0.2, 0.25) is 0 Å². The van der Waals surface area contributed by atoms with Gasteiger partial charge in [0.15, 0.2) is 0 Å². The van der Waals surface area contributed by atoms with E-state index >= 15 is 0 Å². The quantitative estimate of drug-likeness (QED) is 0.311. The predicted octanol–water partition coefficient (Wildman–Crippen LogP) is 8.44. The molecule has 3 rings (SSSR count). The average molecular weight is 435 g/mol. The summed E-state index contributed by atoms with van der Waals surface area (Å²) in [5.74, 6) is 6.44. The first-order chi connectivity index (χ1) is 14.9. The van der Waals surface area contributed by atoms with E-state index in [0.29, 0.717) is 23.8 Å². The first-order valence-electron chi connectivity index (χ1n) is 12.0. The van der Waals surface area contributed by atoms with E-state index in [4.69, 9.17) is 0 Å². The molecule has 0 bridgehead atoms. The standard InChI is InChI=1S/C27H34F4/c1-2-3-23-16-25(28)24(26(29)17-23)15-14-21-8-6-19(7-9-21)4-5-20-10-12-22(13-11-20)18-27(30)31/h16-22H,2-13H2,1H3. The minimum absolute atomic E-state index is 0.0628. The normalized spacial score (nSPS) is 26.1. The van der Waals surface area contributed by atoms with Crippen molar-refractivity contribution < 1.29 is 17.6 Å². The van der Waals surface area contributed by atoms with Crippen LogP contribution in [0, 0.1) is 47.1 Å². The predicted molar refractivity (Wildman–Crippen MR) is 118 cm³/mol. The Kier molecular flexibility index (Phi) is 9.05. The monoisotopic (exact) mass is 434 g/mol. The van der Waals surface area contributed by atoms with Crippen molar-refractivity contribution in [1.82, 2.24) is 0 Å². The topological polar surface area (TPSA) is 0 Å². The highest BCUT2D eigenvalue weighted by Crippen LogP contribution is 2.37. The Morgan fingerprint density at radius 1 is 0.903 bits per heavy atom. The molecule has 4 heteroatoms. The minimum Gasteiger partial charge on any atom is -0.206 e. The van der Waals surface area contributed by atoms with Crippen LogP contribution in [0.4, 0.5) is 17.6 Å². The number of aryl methyl sites for hydroxylation is 1. The van der Waals surface area contributed by atoms with E-state index in [1.165, 1.54) is 25.0 Å². The zero-order valence-electron chi connectivity index (χ0n) is 18.5. The van der Waals surface area contributed by atoms with Crippen molar-refractivity contribution in [1.29, 1.82) is 0 Å². The first-order valence-corrected chi connectivity index (χ1v) is 12.0. The second-order valence-electron chi connectivity index (χ2n) is 9.49. The molecule has 2 saturated carbocycles. The Bertz CT molecular complexity index is 773. The summed E-state index contributed by atoms with van der Waals surface area (Å²) in [6.07, 6.45) is 11.6. The van der Waals surface area contributed by atoms with Gasteiger partial charge in [-0.05, 0) is 99.3 Å². The second kappa shape index (κ2) is 11.7. The summed E-state index contributed by atoms with van der Waals surface area (Å²) in [5, 5.41) is 0. The molecule has 1 aromatic rings. The highest BCUT2D eigenvalue weighted by Gasteiger charge is 2.24. The maximum Gasteiger partial charge on any atom is 0.266 e. The van der Waals surface area contributed by atoms with Gasteiger partial charge in [-0.3, -0.25) is 0 Å². The lowest BCUT2D eigenvalue weighted by atomic mass is 9.75. The fraction of sp³-hybridized carbons (Fsp3) is 0.630. The number of allylic oxidation sites excluding steroid dienone is 1. The van der Waals surface area contributed by atoms with Gasteiger partial charge in [-0.2, -0.15) is 8.78 Å². The minimum atomic E-state index is -1.54. The van der Waals surface area contributed by atoms with E-state index in [0.717, 1.165) is 63.9 Å². The lowest BCUT2D eigenvalue weighted by Crippen LogP contribution is -2.17. The molecule has 2 aliphatic carbocycles. The molecule has 0 saturated heterocycles. The lowest BCUT2D eigenvalue weighted by molar-refractivity contribution is 0.240. The van der Waals surface area contributed by atoms with E-state index in [2.05, 4.69) is 11.8 Å². The van der Waals surface area contributed by atoms with E-state index in [1.807, 2.05) is 6.92 Å². The van der Waals surface area contributed by atoms with Crippen LogP contribution in [-0.4, -0.2) is 0 Å². The van der Waals surface area contributed by atoms with Crippen LogP contribution in [0.15, 0.2) is 24.3 Å². The summed E-state index contributed by atoms with van der Waals surface area (Å²) in [5.41, 5.74) is 0.586. The number of benzene rings is 1. The van der Waals surface area contributed by atoms with Crippen LogP contribution in [0.3, 0.4) is 0 Å². The summed E-state index contributed by atoms with van der Waals surface area (Å²) in [4.78, 5) is 0. The van der Waals surface area contributed by atoms with Gasteiger partial charge < -0.3 is 0 Å². The van der Waals surface area contributed by atoms with Crippen molar-refractivity contribution in [3.63, 3.8) is 0 Å². The molecule has 2 aliphatic rings. The SMILES string of the molecule is CCCc1cc(F)c(C#CC2CCC(CCC3CCC(C=C(F)F)CC3)CC2)c(F)c1. The zero-order valence-corrected chi connectivity index (χ0v) is 18.5. The molecule has 0 N–H and O–H groups in total. The molecular weight excluding hydrogens is 400 g/mol.